The summed E-state index contributed by atoms with van der Waals surface area (Å²) in [6.45, 7) is 6.87. The molecule has 0 saturated carbocycles. The lowest BCUT2D eigenvalue weighted by atomic mass is 9.92. The number of hydrogen-bond acceptors (Lipinski definition) is 3. The monoisotopic (exact) mass is 305 g/mol. The van der Waals surface area contributed by atoms with Crippen molar-refractivity contribution in [1.29, 1.82) is 0 Å². The van der Waals surface area contributed by atoms with E-state index in [0.29, 0.717) is 12.0 Å². The second-order valence-electron chi connectivity index (χ2n) is 7.08. The van der Waals surface area contributed by atoms with Gasteiger partial charge in [-0.05, 0) is 65.0 Å². The van der Waals surface area contributed by atoms with Gasteiger partial charge in [0.1, 0.15) is 11.9 Å². The van der Waals surface area contributed by atoms with E-state index < -0.39 is 12.0 Å². The molecule has 5 heteroatoms. The number of carboxylic acids is 1. The summed E-state index contributed by atoms with van der Waals surface area (Å²) in [5, 5.41) is 9.34. The minimum atomic E-state index is -0.727. The van der Waals surface area contributed by atoms with E-state index in [2.05, 4.69) is 18.7 Å². The molecular formula is C17H27N3O2. The largest absolute Gasteiger partial charge is 0.480 e. The molecule has 0 radical (unpaired) electrons. The molecule has 1 unspecified atom stereocenters. The third-order valence-corrected chi connectivity index (χ3v) is 5.23. The Balaban J connectivity index is 1.64. The van der Waals surface area contributed by atoms with E-state index in [1.807, 2.05) is 10.8 Å². The van der Waals surface area contributed by atoms with E-state index >= 15 is 0 Å². The summed E-state index contributed by atoms with van der Waals surface area (Å²) in [5.74, 6) is 0.929. The van der Waals surface area contributed by atoms with Crippen molar-refractivity contribution in [2.75, 3.05) is 13.1 Å². The molecule has 2 aliphatic rings. The van der Waals surface area contributed by atoms with Crippen molar-refractivity contribution >= 4 is 5.97 Å². The molecule has 1 aromatic heterocycles. The lowest BCUT2D eigenvalue weighted by molar-refractivity contribution is -0.141. The van der Waals surface area contributed by atoms with Crippen molar-refractivity contribution < 1.29 is 9.90 Å². The van der Waals surface area contributed by atoms with Gasteiger partial charge in [0.05, 0.1) is 5.69 Å². The maximum Gasteiger partial charge on any atom is 0.326 e. The molecule has 0 aromatic carbocycles. The fourth-order valence-corrected chi connectivity index (χ4v) is 3.84. The second kappa shape index (κ2) is 6.41. The van der Waals surface area contributed by atoms with Crippen molar-refractivity contribution in [3.63, 3.8) is 0 Å². The van der Waals surface area contributed by atoms with E-state index in [4.69, 9.17) is 4.98 Å². The number of carbonyl (C=O) groups is 1. The van der Waals surface area contributed by atoms with E-state index in [0.717, 1.165) is 37.2 Å². The van der Waals surface area contributed by atoms with Gasteiger partial charge in [0.25, 0.3) is 0 Å². The zero-order chi connectivity index (χ0) is 15.7. The summed E-state index contributed by atoms with van der Waals surface area (Å²) in [7, 11) is 0. The van der Waals surface area contributed by atoms with Gasteiger partial charge < -0.3 is 14.6 Å². The van der Waals surface area contributed by atoms with Crippen LogP contribution in [0.5, 0.6) is 0 Å². The first-order chi connectivity index (χ1) is 10.5. The van der Waals surface area contributed by atoms with Gasteiger partial charge in [0, 0.05) is 18.7 Å². The molecule has 122 valence electrons. The van der Waals surface area contributed by atoms with Crippen LogP contribution < -0.4 is 0 Å². The van der Waals surface area contributed by atoms with Gasteiger partial charge >= 0.3 is 5.97 Å². The molecule has 1 fully saturated rings. The number of aryl methyl sites for hydroxylation is 1. The average Bonchev–Trinajstić information content (AvgIpc) is 2.89. The summed E-state index contributed by atoms with van der Waals surface area (Å²) >= 11 is 0. The van der Waals surface area contributed by atoms with Crippen LogP contribution in [0.2, 0.25) is 0 Å². The quantitative estimate of drug-likeness (QED) is 0.928. The number of rotatable bonds is 4. The maximum absolute atomic E-state index is 11.4. The van der Waals surface area contributed by atoms with Crippen LogP contribution in [0.15, 0.2) is 6.20 Å². The van der Waals surface area contributed by atoms with Gasteiger partial charge in [-0.3, -0.25) is 0 Å². The topological polar surface area (TPSA) is 58.4 Å². The molecule has 1 aromatic rings. The molecule has 22 heavy (non-hydrogen) atoms. The van der Waals surface area contributed by atoms with Crippen molar-refractivity contribution in [2.24, 2.45) is 5.92 Å². The van der Waals surface area contributed by atoms with Crippen LogP contribution in [-0.2, 0) is 17.6 Å². The van der Waals surface area contributed by atoms with Gasteiger partial charge in [-0.15, -0.1) is 0 Å². The second-order valence-corrected chi connectivity index (χ2v) is 7.08. The smallest absolute Gasteiger partial charge is 0.326 e. The van der Waals surface area contributed by atoms with Gasteiger partial charge in [-0.2, -0.15) is 0 Å². The third kappa shape index (κ3) is 3.19. The van der Waals surface area contributed by atoms with E-state index in [9.17, 15) is 9.90 Å². The molecule has 2 aliphatic heterocycles. The molecule has 0 spiro atoms. The third-order valence-electron chi connectivity index (χ3n) is 5.23. The van der Waals surface area contributed by atoms with E-state index in [1.165, 1.54) is 25.9 Å². The number of likely N-dealkylation sites (tertiary alicyclic amines) is 1. The fraction of sp³-hybridized carbons (Fsp3) is 0.765. The highest BCUT2D eigenvalue weighted by Crippen LogP contribution is 2.27. The minimum absolute atomic E-state index is 0.409. The van der Waals surface area contributed by atoms with Crippen LogP contribution in [0.3, 0.4) is 0 Å². The van der Waals surface area contributed by atoms with Crippen molar-refractivity contribution in [3.05, 3.63) is 17.7 Å². The average molecular weight is 305 g/mol. The SMILES string of the molecule is CC(C)N1CCC(Cc2cn3c(n2)CCCC3C(=O)O)CC1. The summed E-state index contributed by atoms with van der Waals surface area (Å²) in [5.41, 5.74) is 1.09. The Kier molecular flexibility index (Phi) is 4.52. The van der Waals surface area contributed by atoms with Gasteiger partial charge in [-0.1, -0.05) is 0 Å². The Morgan fingerprint density at radius 1 is 1.36 bits per heavy atom. The van der Waals surface area contributed by atoms with E-state index in [1.54, 1.807) is 0 Å². The van der Waals surface area contributed by atoms with Crippen LogP contribution in [-0.4, -0.2) is 44.7 Å². The molecule has 1 saturated heterocycles. The first kappa shape index (κ1) is 15.5. The summed E-state index contributed by atoms with van der Waals surface area (Å²) < 4.78 is 1.91. The maximum atomic E-state index is 11.4. The Bertz CT molecular complexity index is 530. The van der Waals surface area contributed by atoms with E-state index in [-0.39, 0.29) is 0 Å². The molecule has 1 atom stereocenters. The number of hydrogen-bond donors (Lipinski definition) is 1. The predicted molar refractivity (Wildman–Crippen MR) is 85.0 cm³/mol. The number of fused-ring (bicyclic) bond motifs is 1. The molecule has 3 heterocycles. The highest BCUT2D eigenvalue weighted by molar-refractivity contribution is 5.72. The summed E-state index contributed by atoms with van der Waals surface area (Å²) in [6.07, 6.45) is 8.02. The summed E-state index contributed by atoms with van der Waals surface area (Å²) in [6, 6.07) is 0.227. The number of aromatic nitrogens is 2. The molecule has 0 bridgehead atoms. The fourth-order valence-electron chi connectivity index (χ4n) is 3.84. The highest BCUT2D eigenvalue weighted by Gasteiger charge is 2.28. The number of aliphatic carboxylic acids is 1. The van der Waals surface area contributed by atoms with Crippen molar-refractivity contribution in [3.8, 4) is 0 Å². The van der Waals surface area contributed by atoms with Gasteiger partial charge in [0.15, 0.2) is 0 Å². The molecule has 0 amide bonds. The first-order valence-corrected chi connectivity index (χ1v) is 8.58. The van der Waals surface area contributed by atoms with Crippen molar-refractivity contribution in [2.45, 2.75) is 64.5 Å². The van der Waals surface area contributed by atoms with Crippen LogP contribution in [0.1, 0.15) is 57.1 Å². The lowest BCUT2D eigenvalue weighted by Gasteiger charge is -2.34. The van der Waals surface area contributed by atoms with Crippen LogP contribution in [0.25, 0.3) is 0 Å². The summed E-state index contributed by atoms with van der Waals surface area (Å²) in [4.78, 5) is 18.6. The molecule has 1 N–H and O–H groups in total. The normalized spacial score (nSPS) is 23.7. The highest BCUT2D eigenvalue weighted by atomic mass is 16.4. The standard InChI is InChI=1S/C17H27N3O2/c1-12(2)19-8-6-13(7-9-19)10-14-11-20-15(17(21)22)4-3-5-16(20)18-14/h11-13,15H,3-10H2,1-2H3,(H,21,22). The Labute approximate surface area is 132 Å². The number of carboxylic acid groups (broad SMARTS) is 1. The van der Waals surface area contributed by atoms with Gasteiger partial charge in [0.2, 0.25) is 0 Å². The molecular weight excluding hydrogens is 278 g/mol. The number of imidazole rings is 1. The molecule has 0 aliphatic carbocycles. The van der Waals surface area contributed by atoms with Crippen LogP contribution in [0.4, 0.5) is 0 Å². The predicted octanol–water partition coefficient (Wildman–Crippen LogP) is 2.51. The Morgan fingerprint density at radius 2 is 2.09 bits per heavy atom. The van der Waals surface area contributed by atoms with Gasteiger partial charge in [-0.25, -0.2) is 9.78 Å². The zero-order valence-corrected chi connectivity index (χ0v) is 13.7. The van der Waals surface area contributed by atoms with Crippen LogP contribution in [0, 0.1) is 5.92 Å². The lowest BCUT2D eigenvalue weighted by Crippen LogP contribution is -2.38. The molecule has 5 nitrogen and oxygen atoms in total. The Morgan fingerprint density at radius 3 is 2.73 bits per heavy atom. The molecule has 3 rings (SSSR count). The number of piperidine rings is 1. The Hall–Kier alpha value is -1.36. The van der Waals surface area contributed by atoms with Crippen LogP contribution >= 0.6 is 0 Å². The first-order valence-electron chi connectivity index (χ1n) is 8.58. The number of nitrogens with zero attached hydrogens (tertiary/aromatic N) is 3. The minimum Gasteiger partial charge on any atom is -0.480 e. The van der Waals surface area contributed by atoms with Crippen molar-refractivity contribution in [1.82, 2.24) is 14.5 Å². The zero-order valence-electron chi connectivity index (χ0n) is 13.7.